The lowest BCUT2D eigenvalue weighted by Crippen LogP contribution is -2.05. The van der Waals surface area contributed by atoms with Gasteiger partial charge in [0.25, 0.3) is 0 Å². The van der Waals surface area contributed by atoms with Crippen LogP contribution < -0.4 is 0 Å². The summed E-state index contributed by atoms with van der Waals surface area (Å²) in [6.07, 6.45) is 13.1. The molecule has 0 bridgehead atoms. The van der Waals surface area contributed by atoms with Crippen LogP contribution in [0.3, 0.4) is 0 Å². The van der Waals surface area contributed by atoms with Crippen LogP contribution in [-0.2, 0) is 0 Å². The molecule has 0 unspecified atom stereocenters. The van der Waals surface area contributed by atoms with E-state index in [2.05, 4.69) is 112 Å². The van der Waals surface area contributed by atoms with E-state index in [1.807, 2.05) is 18.2 Å². The van der Waals surface area contributed by atoms with Gasteiger partial charge < -0.3 is 0 Å². The molecule has 0 aromatic heterocycles. The molecule has 0 saturated heterocycles. The summed E-state index contributed by atoms with van der Waals surface area (Å²) in [5, 5.41) is 0. The summed E-state index contributed by atoms with van der Waals surface area (Å²) in [6, 6.07) is 21.2. The molecule has 0 atom stereocenters. The molecule has 1 radical (unpaired) electrons. The normalized spacial score (nSPS) is 13.3. The molecule has 34 heavy (non-hydrogen) atoms. The molecule has 1 aliphatic carbocycles. The minimum Gasteiger partial charge on any atom is -0.116 e. The number of rotatable bonds is 6. The van der Waals surface area contributed by atoms with Crippen molar-refractivity contribution < 1.29 is 0 Å². The van der Waals surface area contributed by atoms with Gasteiger partial charge in [-0.05, 0) is 94.2 Å². The fourth-order valence-corrected chi connectivity index (χ4v) is 4.90. The third-order valence-corrected chi connectivity index (χ3v) is 6.37. The summed E-state index contributed by atoms with van der Waals surface area (Å²) in [7, 11) is 0. The van der Waals surface area contributed by atoms with E-state index in [1.165, 1.54) is 44.5 Å². The molecule has 165 valence electrons. The Kier molecular flexibility index (Phi) is 6.93. The summed E-state index contributed by atoms with van der Waals surface area (Å²) in [4.78, 5) is 0. The smallest absolute Gasteiger partial charge is 0.00162 e. The fourth-order valence-electron chi connectivity index (χ4n) is 4.90. The van der Waals surface area contributed by atoms with E-state index < -0.39 is 0 Å². The Morgan fingerprint density at radius 2 is 1.47 bits per heavy atom. The molecule has 0 aliphatic heterocycles. The van der Waals surface area contributed by atoms with Crippen molar-refractivity contribution in [2.45, 2.75) is 20.3 Å². The van der Waals surface area contributed by atoms with Gasteiger partial charge in [0.15, 0.2) is 0 Å². The number of hydrogen-bond acceptors (Lipinski definition) is 0. The van der Waals surface area contributed by atoms with Gasteiger partial charge in [-0.2, -0.15) is 0 Å². The fraction of sp³-hybridized carbons (Fsp3) is 0.0882. The molecule has 0 saturated carbocycles. The average molecular weight is 438 g/mol. The van der Waals surface area contributed by atoms with Gasteiger partial charge in [0.05, 0.1) is 0 Å². The van der Waals surface area contributed by atoms with Crippen molar-refractivity contribution in [3.8, 4) is 22.3 Å². The van der Waals surface area contributed by atoms with Crippen LogP contribution in [-0.4, -0.2) is 0 Å². The zero-order valence-electron chi connectivity index (χ0n) is 19.9. The van der Waals surface area contributed by atoms with Gasteiger partial charge >= 0.3 is 0 Å². The van der Waals surface area contributed by atoms with Gasteiger partial charge in [0.1, 0.15) is 0 Å². The lowest BCUT2D eigenvalue weighted by atomic mass is 9.77. The maximum atomic E-state index is 5.80. The lowest BCUT2D eigenvalue weighted by molar-refractivity contribution is 1.26. The van der Waals surface area contributed by atoms with Gasteiger partial charge in [-0.1, -0.05) is 104 Å². The summed E-state index contributed by atoms with van der Waals surface area (Å²) >= 11 is 0. The molecule has 0 spiro atoms. The van der Waals surface area contributed by atoms with E-state index in [0.29, 0.717) is 0 Å². The largest absolute Gasteiger partial charge is 0.116 e. The molecule has 3 aromatic carbocycles. The predicted octanol–water partition coefficient (Wildman–Crippen LogP) is 9.25. The standard InChI is InChI=1S/C34H29/c1-6-16-27(8-3)31-24(4)33(29-20-13-10-14-21-29)34(30-22-15-17-26(7-2)23-30)25(5)32(31)28-18-11-9-12-19-28/h2,6,8-16,18-23H,1,3,17H2,4-5H3/b27-16+. The Balaban J connectivity index is 2.23. The Bertz CT molecular complexity index is 1380. The van der Waals surface area contributed by atoms with Gasteiger partial charge in [0, 0.05) is 0 Å². The van der Waals surface area contributed by atoms with E-state index in [0.717, 1.165) is 23.1 Å². The van der Waals surface area contributed by atoms with Crippen molar-refractivity contribution in [2.75, 3.05) is 0 Å². The number of hydrogen-bond donors (Lipinski definition) is 0. The molecule has 0 heterocycles. The molecule has 0 amide bonds. The van der Waals surface area contributed by atoms with Crippen molar-refractivity contribution in [3.05, 3.63) is 150 Å². The molecule has 0 nitrogen and oxygen atoms in total. The highest BCUT2D eigenvalue weighted by atomic mass is 14.3. The molecule has 0 fully saturated rings. The average Bonchev–Trinajstić information content (AvgIpc) is 2.89. The molecular formula is C34H29. The van der Waals surface area contributed by atoms with Gasteiger partial charge in [0.2, 0.25) is 0 Å². The highest BCUT2D eigenvalue weighted by molar-refractivity contribution is 6.00. The Hall–Kier alpha value is -4.12. The molecule has 3 aromatic rings. The van der Waals surface area contributed by atoms with E-state index >= 15 is 0 Å². The van der Waals surface area contributed by atoms with Crippen LogP contribution in [0.5, 0.6) is 0 Å². The zero-order chi connectivity index (χ0) is 24.1. The van der Waals surface area contributed by atoms with Crippen molar-refractivity contribution >= 4 is 11.1 Å². The third kappa shape index (κ3) is 4.25. The van der Waals surface area contributed by atoms with Gasteiger partial charge in [-0.25, -0.2) is 0 Å². The Morgan fingerprint density at radius 3 is 2.03 bits per heavy atom. The van der Waals surface area contributed by atoms with Crippen LogP contribution in [0, 0.1) is 20.4 Å². The van der Waals surface area contributed by atoms with Crippen LogP contribution >= 0.6 is 0 Å². The number of benzene rings is 3. The minimum absolute atomic E-state index is 0.797. The quantitative estimate of drug-likeness (QED) is 0.266. The lowest BCUT2D eigenvalue weighted by Gasteiger charge is -2.26. The van der Waals surface area contributed by atoms with Gasteiger partial charge in [-0.15, -0.1) is 5.73 Å². The van der Waals surface area contributed by atoms with Crippen molar-refractivity contribution in [2.24, 2.45) is 0 Å². The van der Waals surface area contributed by atoms with Crippen LogP contribution in [0.25, 0.3) is 33.4 Å². The van der Waals surface area contributed by atoms with E-state index in [-0.39, 0.29) is 0 Å². The molecule has 0 heteroatoms. The first-order chi connectivity index (χ1) is 16.6. The molecule has 0 N–H and O–H groups in total. The predicted molar refractivity (Wildman–Crippen MR) is 148 cm³/mol. The monoisotopic (exact) mass is 437 g/mol. The van der Waals surface area contributed by atoms with Crippen molar-refractivity contribution in [1.29, 1.82) is 0 Å². The highest BCUT2D eigenvalue weighted by Crippen LogP contribution is 2.46. The minimum atomic E-state index is 0.797. The van der Waals surface area contributed by atoms with Crippen LogP contribution in [0.2, 0.25) is 0 Å². The van der Waals surface area contributed by atoms with Crippen LogP contribution in [0.15, 0.2) is 122 Å². The maximum Gasteiger partial charge on any atom is -0.00162 e. The summed E-state index contributed by atoms with van der Waals surface area (Å²) in [6.45, 7) is 18.3. The zero-order valence-corrected chi connectivity index (χ0v) is 19.9. The highest BCUT2D eigenvalue weighted by Gasteiger charge is 2.24. The first kappa shape index (κ1) is 23.1. The molecule has 4 rings (SSSR count). The second-order valence-electron chi connectivity index (χ2n) is 8.42. The van der Waals surface area contributed by atoms with Crippen molar-refractivity contribution in [3.63, 3.8) is 0 Å². The summed E-state index contributed by atoms with van der Waals surface area (Å²) < 4.78 is 0. The van der Waals surface area contributed by atoms with Crippen LogP contribution in [0.1, 0.15) is 28.7 Å². The molecule has 1 aliphatic rings. The summed E-state index contributed by atoms with van der Waals surface area (Å²) in [5.41, 5.74) is 15.7. The van der Waals surface area contributed by atoms with E-state index in [4.69, 9.17) is 6.58 Å². The van der Waals surface area contributed by atoms with E-state index in [1.54, 1.807) is 0 Å². The Labute approximate surface area is 204 Å². The van der Waals surface area contributed by atoms with Crippen molar-refractivity contribution in [1.82, 2.24) is 0 Å². The van der Waals surface area contributed by atoms with E-state index in [9.17, 15) is 0 Å². The third-order valence-electron chi connectivity index (χ3n) is 6.37. The maximum absolute atomic E-state index is 5.80. The first-order valence-electron chi connectivity index (χ1n) is 11.5. The molecular weight excluding hydrogens is 408 g/mol. The number of allylic oxidation sites excluding steroid dienone is 9. The topological polar surface area (TPSA) is 0 Å². The second kappa shape index (κ2) is 10.2. The Morgan fingerprint density at radius 1 is 0.853 bits per heavy atom. The summed E-state index contributed by atoms with van der Waals surface area (Å²) in [5.74, 6) is 0. The second-order valence-corrected chi connectivity index (χ2v) is 8.42. The SMILES string of the molecule is [CH]=C=C1C=C(c2c(C)c(-c3ccccc3)c(/C(C=C)=C/C=C)c(C)c2-c2ccccc2)C=CC1. The van der Waals surface area contributed by atoms with Crippen LogP contribution in [0.4, 0.5) is 0 Å². The van der Waals surface area contributed by atoms with Gasteiger partial charge in [-0.3, -0.25) is 0 Å². The first-order valence-corrected chi connectivity index (χ1v) is 11.5.